The van der Waals surface area contributed by atoms with E-state index in [4.69, 9.17) is 9.47 Å². The average molecular weight is 441 g/mol. The number of aromatic nitrogens is 2. The normalized spacial score (nSPS) is 12.1. The number of hydrogen-bond donors (Lipinski definition) is 1. The molecule has 0 fully saturated rings. The Balaban J connectivity index is 1.49. The zero-order valence-electron chi connectivity index (χ0n) is 16.2. The van der Waals surface area contributed by atoms with Gasteiger partial charge in [-0.2, -0.15) is 0 Å². The van der Waals surface area contributed by atoms with Gasteiger partial charge in [0.2, 0.25) is 0 Å². The number of hydrogen-bond acceptors (Lipinski definition) is 7. The highest BCUT2D eigenvalue weighted by Crippen LogP contribution is 2.24. The van der Waals surface area contributed by atoms with E-state index in [1.54, 1.807) is 42.0 Å². The molecule has 0 saturated carbocycles. The van der Waals surface area contributed by atoms with Gasteiger partial charge in [0.05, 0.1) is 24.3 Å². The van der Waals surface area contributed by atoms with Crippen LogP contribution >= 0.6 is 23.1 Å². The number of para-hydroxylation sites is 1. The number of thiophene rings is 1. The first kappa shape index (κ1) is 20.5. The molecule has 1 atom stereocenters. The van der Waals surface area contributed by atoms with Crippen LogP contribution in [0.25, 0.3) is 15.9 Å². The molecule has 0 aliphatic heterocycles. The fraction of sp³-hybridized carbons (Fsp3) is 0.182. The second-order valence-corrected chi connectivity index (χ2v) is 8.34. The molecule has 0 aliphatic carbocycles. The minimum absolute atomic E-state index is 0.112. The zero-order valence-corrected chi connectivity index (χ0v) is 17.9. The molecule has 154 valence electrons. The van der Waals surface area contributed by atoms with Gasteiger partial charge in [0.15, 0.2) is 5.16 Å². The largest absolute Gasteiger partial charge is 0.497 e. The Hall–Kier alpha value is -2.81. The summed E-state index contributed by atoms with van der Waals surface area (Å²) in [7, 11) is 1.60. The Morgan fingerprint density at radius 2 is 1.83 bits per heavy atom. The molecule has 2 heterocycles. The first-order chi connectivity index (χ1) is 14.7. The molecule has 30 heavy (non-hydrogen) atoms. The molecule has 4 rings (SSSR count). The van der Waals surface area contributed by atoms with Crippen LogP contribution < -0.4 is 15.0 Å². The summed E-state index contributed by atoms with van der Waals surface area (Å²) in [5, 5.41) is 13.4. The lowest BCUT2D eigenvalue weighted by Gasteiger charge is -2.15. The Morgan fingerprint density at radius 3 is 2.57 bits per heavy atom. The molecule has 0 saturated heterocycles. The van der Waals surface area contributed by atoms with E-state index in [1.165, 1.54) is 23.1 Å². The summed E-state index contributed by atoms with van der Waals surface area (Å²) < 4.78 is 12.4. The van der Waals surface area contributed by atoms with Gasteiger partial charge in [-0.25, -0.2) is 4.98 Å². The highest BCUT2D eigenvalue weighted by molar-refractivity contribution is 7.99. The van der Waals surface area contributed by atoms with Crippen molar-refractivity contribution < 1.29 is 14.6 Å². The average Bonchev–Trinajstić information content (AvgIpc) is 3.26. The Kier molecular flexibility index (Phi) is 6.37. The molecule has 2 aromatic carbocycles. The first-order valence-electron chi connectivity index (χ1n) is 9.29. The summed E-state index contributed by atoms with van der Waals surface area (Å²) in [6.07, 6.45) is -0.725. The van der Waals surface area contributed by atoms with Gasteiger partial charge in [-0.3, -0.25) is 9.36 Å². The summed E-state index contributed by atoms with van der Waals surface area (Å²) in [6.45, 7) is 0.135. The molecular weight excluding hydrogens is 420 g/mol. The van der Waals surface area contributed by atoms with Crippen molar-refractivity contribution >= 4 is 33.3 Å². The number of nitrogens with zero attached hydrogens (tertiary/aromatic N) is 2. The molecule has 0 spiro atoms. The number of ether oxygens (including phenoxy) is 2. The highest BCUT2D eigenvalue weighted by Gasteiger charge is 2.16. The maximum atomic E-state index is 13.0. The molecule has 0 unspecified atom stereocenters. The maximum absolute atomic E-state index is 13.0. The van der Waals surface area contributed by atoms with Crippen LogP contribution in [0, 0.1) is 0 Å². The highest BCUT2D eigenvalue weighted by atomic mass is 32.2. The smallest absolute Gasteiger partial charge is 0.267 e. The molecular formula is C22H20N2O4S2. The summed E-state index contributed by atoms with van der Waals surface area (Å²) >= 11 is 2.76. The van der Waals surface area contributed by atoms with Crippen molar-refractivity contribution in [3.8, 4) is 17.2 Å². The summed E-state index contributed by atoms with van der Waals surface area (Å²) in [5.74, 6) is 1.73. The fourth-order valence-corrected chi connectivity index (χ4v) is 4.60. The maximum Gasteiger partial charge on any atom is 0.267 e. The third-order valence-corrected chi connectivity index (χ3v) is 6.28. The minimum atomic E-state index is -0.725. The standard InChI is InChI=1S/C22H20N2O4S2/c1-27-17-7-9-18(10-8-17)28-13-16(25)14-30-22-23-20-19(11-12-29-20)21(26)24(22)15-5-3-2-4-6-15/h2-12,16,25H,13-14H2,1H3/t16-/m0/s1. The van der Waals surface area contributed by atoms with Crippen molar-refractivity contribution in [3.05, 3.63) is 76.4 Å². The Morgan fingerprint density at radius 1 is 1.10 bits per heavy atom. The van der Waals surface area contributed by atoms with Crippen LogP contribution in [0.4, 0.5) is 0 Å². The van der Waals surface area contributed by atoms with Gasteiger partial charge in [-0.15, -0.1) is 11.3 Å². The van der Waals surface area contributed by atoms with Crippen LogP contribution in [0.1, 0.15) is 0 Å². The number of benzene rings is 2. The second-order valence-electron chi connectivity index (χ2n) is 6.46. The Labute approximate surface area is 181 Å². The third-order valence-electron chi connectivity index (χ3n) is 4.39. The summed E-state index contributed by atoms with van der Waals surface area (Å²) in [6, 6.07) is 18.4. The molecule has 0 bridgehead atoms. The van der Waals surface area contributed by atoms with E-state index in [1.807, 2.05) is 35.7 Å². The predicted octanol–water partition coefficient (Wildman–Crippen LogP) is 3.99. The zero-order chi connectivity index (χ0) is 20.9. The van der Waals surface area contributed by atoms with E-state index < -0.39 is 6.10 Å². The van der Waals surface area contributed by atoms with Gasteiger partial charge in [-0.1, -0.05) is 30.0 Å². The van der Waals surface area contributed by atoms with Crippen molar-refractivity contribution in [1.82, 2.24) is 9.55 Å². The second kappa shape index (κ2) is 9.34. The molecule has 0 radical (unpaired) electrons. The van der Waals surface area contributed by atoms with E-state index >= 15 is 0 Å². The van der Waals surface area contributed by atoms with E-state index in [-0.39, 0.29) is 12.2 Å². The van der Waals surface area contributed by atoms with Crippen LogP contribution in [0.2, 0.25) is 0 Å². The van der Waals surface area contributed by atoms with Crippen LogP contribution in [0.5, 0.6) is 11.5 Å². The van der Waals surface area contributed by atoms with Gasteiger partial charge in [0.1, 0.15) is 22.9 Å². The van der Waals surface area contributed by atoms with Crippen LogP contribution in [0.3, 0.4) is 0 Å². The van der Waals surface area contributed by atoms with Crippen molar-refractivity contribution in [1.29, 1.82) is 0 Å². The fourth-order valence-electron chi connectivity index (χ4n) is 2.88. The number of aliphatic hydroxyl groups excluding tert-OH is 1. The number of thioether (sulfide) groups is 1. The van der Waals surface area contributed by atoms with Gasteiger partial charge >= 0.3 is 0 Å². The van der Waals surface area contributed by atoms with Crippen molar-refractivity contribution in [2.45, 2.75) is 11.3 Å². The minimum Gasteiger partial charge on any atom is -0.497 e. The molecule has 1 N–H and O–H groups in total. The van der Waals surface area contributed by atoms with E-state index in [0.29, 0.717) is 26.9 Å². The van der Waals surface area contributed by atoms with Crippen LogP contribution in [0.15, 0.2) is 76.0 Å². The lowest BCUT2D eigenvalue weighted by molar-refractivity contribution is 0.126. The molecule has 0 aliphatic rings. The SMILES string of the molecule is COc1ccc(OC[C@H](O)CSc2nc3sccc3c(=O)n2-c2ccccc2)cc1. The summed E-state index contributed by atoms with van der Waals surface area (Å²) in [5.41, 5.74) is 0.633. The molecule has 4 aromatic rings. The van der Waals surface area contributed by atoms with E-state index in [9.17, 15) is 9.90 Å². The number of methoxy groups -OCH3 is 1. The number of rotatable bonds is 8. The lowest BCUT2D eigenvalue weighted by atomic mass is 10.3. The molecule has 8 heteroatoms. The first-order valence-corrected chi connectivity index (χ1v) is 11.2. The molecule has 0 amide bonds. The molecule has 6 nitrogen and oxygen atoms in total. The van der Waals surface area contributed by atoms with E-state index in [2.05, 4.69) is 4.98 Å². The Bertz CT molecular complexity index is 1170. The van der Waals surface area contributed by atoms with Gasteiger partial charge in [0.25, 0.3) is 5.56 Å². The van der Waals surface area contributed by atoms with Crippen molar-refractivity contribution in [3.63, 3.8) is 0 Å². The van der Waals surface area contributed by atoms with Gasteiger partial charge in [-0.05, 0) is 47.8 Å². The van der Waals surface area contributed by atoms with Gasteiger partial charge < -0.3 is 14.6 Å². The third kappa shape index (κ3) is 4.51. The number of fused-ring (bicyclic) bond motifs is 1. The van der Waals surface area contributed by atoms with Crippen LogP contribution in [-0.4, -0.2) is 40.2 Å². The number of aliphatic hydroxyl groups is 1. The lowest BCUT2D eigenvalue weighted by Crippen LogP contribution is -2.23. The van der Waals surface area contributed by atoms with Crippen molar-refractivity contribution in [2.24, 2.45) is 0 Å². The predicted molar refractivity (Wildman–Crippen MR) is 120 cm³/mol. The van der Waals surface area contributed by atoms with Crippen molar-refractivity contribution in [2.75, 3.05) is 19.5 Å². The molecule has 2 aromatic heterocycles. The van der Waals surface area contributed by atoms with Gasteiger partial charge in [0, 0.05) is 5.75 Å². The van der Waals surface area contributed by atoms with E-state index in [0.717, 1.165) is 11.4 Å². The van der Waals surface area contributed by atoms with Crippen LogP contribution in [-0.2, 0) is 0 Å². The summed E-state index contributed by atoms with van der Waals surface area (Å²) in [4.78, 5) is 18.4. The monoisotopic (exact) mass is 440 g/mol. The quantitative estimate of drug-likeness (QED) is 0.330. The topological polar surface area (TPSA) is 73.6 Å².